The van der Waals surface area contributed by atoms with Crippen LogP contribution in [0.1, 0.15) is 37.5 Å². The van der Waals surface area contributed by atoms with Gasteiger partial charge in [0.2, 0.25) is 0 Å². The van der Waals surface area contributed by atoms with Crippen LogP contribution in [0.2, 0.25) is 0 Å². The number of nitrogens with zero attached hydrogens (tertiary/aromatic N) is 2. The molecule has 0 bridgehead atoms. The molecular weight excluding hydrogens is 418 g/mol. The smallest absolute Gasteiger partial charge is 0.335 e. The largest absolute Gasteiger partial charge is 0.496 e. The number of fused-ring (bicyclic) bond motifs is 1. The molecule has 1 N–H and O–H groups in total. The normalized spacial score (nSPS) is 18.8. The van der Waals surface area contributed by atoms with Crippen LogP contribution in [0.3, 0.4) is 0 Å². The lowest BCUT2D eigenvalue weighted by Gasteiger charge is -2.41. The Hall–Kier alpha value is -3.87. The number of hydrogen-bond donors (Lipinski definition) is 1. The summed E-state index contributed by atoms with van der Waals surface area (Å²) in [6.07, 6.45) is 3.66. The summed E-state index contributed by atoms with van der Waals surface area (Å²) in [6.45, 7) is 8.20. The number of carbonyl (C=O) groups excluding carboxylic acids is 3. The van der Waals surface area contributed by atoms with Crippen molar-refractivity contribution in [1.29, 1.82) is 0 Å². The second-order valence-corrected chi connectivity index (χ2v) is 8.94. The molecule has 1 saturated heterocycles. The minimum atomic E-state index is -0.772. The molecule has 2 aromatic rings. The molecule has 7 nitrogen and oxygen atoms in total. The summed E-state index contributed by atoms with van der Waals surface area (Å²) in [5.74, 6) is -0.894. The molecule has 0 aliphatic carbocycles. The first-order chi connectivity index (χ1) is 15.5. The minimum Gasteiger partial charge on any atom is -0.496 e. The van der Waals surface area contributed by atoms with E-state index in [-0.39, 0.29) is 11.1 Å². The van der Waals surface area contributed by atoms with E-state index in [9.17, 15) is 14.4 Å². The van der Waals surface area contributed by atoms with Gasteiger partial charge in [-0.3, -0.25) is 14.9 Å². The van der Waals surface area contributed by atoms with Gasteiger partial charge < -0.3 is 9.64 Å². The van der Waals surface area contributed by atoms with Crippen molar-refractivity contribution in [3.05, 3.63) is 64.7 Å². The number of ether oxygens (including phenoxy) is 1. The van der Waals surface area contributed by atoms with Crippen molar-refractivity contribution in [3.63, 3.8) is 0 Å². The first-order valence-corrected chi connectivity index (χ1v) is 10.7. The Labute approximate surface area is 193 Å². The van der Waals surface area contributed by atoms with Crippen molar-refractivity contribution in [2.24, 2.45) is 0 Å². The van der Waals surface area contributed by atoms with E-state index in [0.29, 0.717) is 17.0 Å². The number of anilines is 2. The lowest BCUT2D eigenvalue weighted by molar-refractivity contribution is -0.122. The Morgan fingerprint density at radius 2 is 1.70 bits per heavy atom. The molecule has 33 heavy (non-hydrogen) atoms. The molecule has 4 rings (SSSR count). The number of imide groups is 2. The second kappa shape index (κ2) is 7.92. The third-order valence-electron chi connectivity index (χ3n) is 6.26. The Morgan fingerprint density at radius 3 is 2.33 bits per heavy atom. The predicted octanol–water partition coefficient (Wildman–Crippen LogP) is 4.30. The molecule has 0 aromatic heterocycles. The van der Waals surface area contributed by atoms with Crippen molar-refractivity contribution in [2.45, 2.75) is 33.2 Å². The number of benzene rings is 2. The molecule has 0 atom stereocenters. The summed E-state index contributed by atoms with van der Waals surface area (Å²) in [7, 11) is 3.56. The molecule has 0 unspecified atom stereocenters. The Balaban J connectivity index is 1.81. The molecule has 170 valence electrons. The molecular formula is C26H27N3O4. The fourth-order valence-electron chi connectivity index (χ4n) is 4.22. The topological polar surface area (TPSA) is 79.0 Å². The number of urea groups is 1. The first-order valence-electron chi connectivity index (χ1n) is 10.7. The van der Waals surface area contributed by atoms with Gasteiger partial charge in [0.1, 0.15) is 11.3 Å². The maximum Gasteiger partial charge on any atom is 0.335 e. The summed E-state index contributed by atoms with van der Waals surface area (Å²) < 4.78 is 5.61. The van der Waals surface area contributed by atoms with Gasteiger partial charge in [-0.2, -0.15) is 0 Å². The van der Waals surface area contributed by atoms with E-state index in [0.717, 1.165) is 27.3 Å². The highest BCUT2D eigenvalue weighted by atomic mass is 16.5. The Morgan fingerprint density at radius 1 is 1.03 bits per heavy atom. The van der Waals surface area contributed by atoms with Crippen LogP contribution in [0, 0.1) is 6.92 Å². The van der Waals surface area contributed by atoms with E-state index in [1.807, 2.05) is 33.0 Å². The second-order valence-electron chi connectivity index (χ2n) is 8.94. The van der Waals surface area contributed by atoms with Crippen LogP contribution in [0.4, 0.5) is 16.2 Å². The molecule has 2 aromatic carbocycles. The lowest BCUT2D eigenvalue weighted by Crippen LogP contribution is -2.54. The molecule has 0 radical (unpaired) electrons. The summed E-state index contributed by atoms with van der Waals surface area (Å²) in [5.41, 5.74) is 4.72. The van der Waals surface area contributed by atoms with Crippen molar-refractivity contribution in [2.75, 3.05) is 24.0 Å². The van der Waals surface area contributed by atoms with Gasteiger partial charge in [0, 0.05) is 29.9 Å². The zero-order valence-corrected chi connectivity index (χ0v) is 19.6. The first kappa shape index (κ1) is 22.3. The van der Waals surface area contributed by atoms with Gasteiger partial charge in [-0.05, 0) is 57.5 Å². The van der Waals surface area contributed by atoms with Gasteiger partial charge in [0.15, 0.2) is 0 Å². The number of carbonyl (C=O) groups is 3. The monoisotopic (exact) mass is 445 g/mol. The number of nitrogens with one attached hydrogen (secondary N) is 1. The Kier molecular flexibility index (Phi) is 5.36. The molecule has 4 amide bonds. The van der Waals surface area contributed by atoms with E-state index in [1.54, 1.807) is 31.4 Å². The highest BCUT2D eigenvalue weighted by Crippen LogP contribution is 2.42. The number of hydrogen-bond acceptors (Lipinski definition) is 5. The van der Waals surface area contributed by atoms with E-state index < -0.39 is 17.8 Å². The summed E-state index contributed by atoms with van der Waals surface area (Å²) in [4.78, 5) is 41.5. The molecule has 0 spiro atoms. The van der Waals surface area contributed by atoms with Gasteiger partial charge in [-0.1, -0.05) is 23.8 Å². The fraction of sp³-hybridized carbons (Fsp3) is 0.269. The van der Waals surface area contributed by atoms with Crippen LogP contribution < -0.4 is 19.9 Å². The third-order valence-corrected chi connectivity index (χ3v) is 6.26. The molecule has 2 aliphatic rings. The zero-order chi connectivity index (χ0) is 24.1. The molecule has 7 heteroatoms. The third kappa shape index (κ3) is 3.80. The SMILES string of the molecule is COc1cc2c(cc1/C=C1/C(=O)NC(=O)N(c3ccc(C)cc3)C1=O)C(C)=CC(C)(C)N2C. The number of methoxy groups -OCH3 is 1. The molecule has 1 fully saturated rings. The number of aryl methyl sites for hydroxylation is 1. The molecule has 2 heterocycles. The van der Waals surface area contributed by atoms with Crippen LogP contribution in [-0.4, -0.2) is 37.5 Å². The van der Waals surface area contributed by atoms with E-state index >= 15 is 0 Å². The highest BCUT2D eigenvalue weighted by molar-refractivity contribution is 6.39. The molecule has 2 aliphatic heterocycles. The van der Waals surface area contributed by atoms with Crippen molar-refractivity contribution in [3.8, 4) is 5.75 Å². The van der Waals surface area contributed by atoms with Gasteiger partial charge in [0.05, 0.1) is 18.3 Å². The summed E-state index contributed by atoms with van der Waals surface area (Å²) in [5, 5.41) is 2.27. The van der Waals surface area contributed by atoms with Crippen LogP contribution in [0.25, 0.3) is 11.6 Å². The maximum atomic E-state index is 13.2. The van der Waals surface area contributed by atoms with Gasteiger partial charge in [-0.15, -0.1) is 0 Å². The quantitative estimate of drug-likeness (QED) is 0.563. The summed E-state index contributed by atoms with van der Waals surface area (Å²) in [6, 6.07) is 9.99. The number of barbiturate groups is 1. The minimum absolute atomic E-state index is 0.139. The van der Waals surface area contributed by atoms with Crippen LogP contribution in [-0.2, 0) is 9.59 Å². The van der Waals surface area contributed by atoms with Gasteiger partial charge >= 0.3 is 6.03 Å². The maximum absolute atomic E-state index is 13.2. The van der Waals surface area contributed by atoms with Crippen LogP contribution in [0.5, 0.6) is 5.75 Å². The number of rotatable bonds is 3. The van der Waals surface area contributed by atoms with Crippen molar-refractivity contribution in [1.82, 2.24) is 5.32 Å². The number of allylic oxidation sites excluding steroid dienone is 1. The standard InChI is InChI=1S/C26H27N3O4/c1-15-7-9-18(10-8-15)29-24(31)20(23(30)27-25(29)32)12-17-11-19-16(2)14-26(3,4)28(5)21(19)13-22(17)33-6/h7-14H,1-6H3,(H,27,30,32)/b20-12-. The van der Waals surface area contributed by atoms with Crippen LogP contribution >= 0.6 is 0 Å². The molecule has 0 saturated carbocycles. The number of amides is 4. The Bertz CT molecular complexity index is 1240. The van der Waals surface area contributed by atoms with Gasteiger partial charge in [-0.25, -0.2) is 9.69 Å². The zero-order valence-electron chi connectivity index (χ0n) is 19.6. The average Bonchev–Trinajstić information content (AvgIpc) is 2.75. The van der Waals surface area contributed by atoms with E-state index in [4.69, 9.17) is 4.74 Å². The summed E-state index contributed by atoms with van der Waals surface area (Å²) >= 11 is 0. The average molecular weight is 446 g/mol. The highest BCUT2D eigenvalue weighted by Gasteiger charge is 2.37. The predicted molar refractivity (Wildman–Crippen MR) is 129 cm³/mol. The fourth-order valence-corrected chi connectivity index (χ4v) is 4.22. The van der Waals surface area contributed by atoms with E-state index in [1.165, 1.54) is 6.08 Å². The van der Waals surface area contributed by atoms with Gasteiger partial charge in [0.25, 0.3) is 11.8 Å². The number of likely N-dealkylation sites (N-methyl/N-ethyl adjacent to an activating group) is 1. The van der Waals surface area contributed by atoms with Crippen molar-refractivity contribution >= 4 is 40.9 Å². The van der Waals surface area contributed by atoms with Crippen LogP contribution in [0.15, 0.2) is 48.0 Å². The van der Waals surface area contributed by atoms with Crippen molar-refractivity contribution < 1.29 is 19.1 Å². The van der Waals surface area contributed by atoms with E-state index in [2.05, 4.69) is 30.1 Å². The lowest BCUT2D eigenvalue weighted by atomic mass is 9.88.